The normalized spacial score (nSPS) is 16.2. The number of ether oxygens (including phenoxy) is 1. The van der Waals surface area contributed by atoms with Crippen LogP contribution in [0.25, 0.3) is 10.2 Å². The number of rotatable bonds is 9. The van der Waals surface area contributed by atoms with Crippen LogP contribution >= 0.6 is 23.1 Å². The second-order valence-corrected chi connectivity index (χ2v) is 10.8. The summed E-state index contributed by atoms with van der Waals surface area (Å²) in [7, 11) is 0. The van der Waals surface area contributed by atoms with Crippen molar-refractivity contribution in [2.45, 2.75) is 77.3 Å². The van der Waals surface area contributed by atoms with E-state index in [2.05, 4.69) is 32.9 Å². The first-order valence-corrected chi connectivity index (χ1v) is 13.2. The van der Waals surface area contributed by atoms with Crippen LogP contribution in [0, 0.1) is 5.92 Å². The fraction of sp³-hybridized carbons (Fsp3) is 0.520. The topological polar surface area (TPSA) is 44.1 Å². The van der Waals surface area contributed by atoms with E-state index in [9.17, 15) is 4.79 Å². The van der Waals surface area contributed by atoms with Crippen LogP contribution in [-0.2, 0) is 24.3 Å². The molecule has 1 atom stereocenters. The predicted molar refractivity (Wildman–Crippen MR) is 131 cm³/mol. The van der Waals surface area contributed by atoms with Gasteiger partial charge in [0.15, 0.2) is 5.16 Å². The molecule has 0 saturated heterocycles. The molecule has 166 valence electrons. The molecule has 3 aromatic rings. The largest absolute Gasteiger partial charge is 0.372 e. The second-order valence-electron chi connectivity index (χ2n) is 8.66. The third-order valence-electron chi connectivity index (χ3n) is 5.95. The van der Waals surface area contributed by atoms with Crippen LogP contribution in [0.5, 0.6) is 0 Å². The van der Waals surface area contributed by atoms with E-state index in [1.807, 2.05) is 22.8 Å². The number of benzene rings is 1. The summed E-state index contributed by atoms with van der Waals surface area (Å²) in [5.74, 6) is 1.43. The van der Waals surface area contributed by atoms with E-state index in [0.717, 1.165) is 39.5 Å². The summed E-state index contributed by atoms with van der Waals surface area (Å²) in [6.07, 6.45) is 5.85. The fourth-order valence-electron chi connectivity index (χ4n) is 4.08. The van der Waals surface area contributed by atoms with Crippen molar-refractivity contribution in [1.29, 1.82) is 0 Å². The molecule has 0 spiro atoms. The van der Waals surface area contributed by atoms with Crippen molar-refractivity contribution >= 4 is 33.3 Å². The van der Waals surface area contributed by atoms with Gasteiger partial charge in [-0.25, -0.2) is 4.98 Å². The number of nitrogens with zero attached hydrogens (tertiary/aromatic N) is 2. The molecule has 0 bridgehead atoms. The van der Waals surface area contributed by atoms with Crippen LogP contribution in [0.3, 0.4) is 0 Å². The highest BCUT2D eigenvalue weighted by Crippen LogP contribution is 2.36. The maximum Gasteiger partial charge on any atom is 0.263 e. The summed E-state index contributed by atoms with van der Waals surface area (Å²) < 4.78 is 7.96. The summed E-state index contributed by atoms with van der Waals surface area (Å²) >= 11 is 3.37. The van der Waals surface area contributed by atoms with Crippen LogP contribution in [0.2, 0.25) is 0 Å². The molecule has 1 aromatic carbocycles. The molecule has 0 saturated carbocycles. The van der Waals surface area contributed by atoms with E-state index in [-0.39, 0.29) is 11.7 Å². The van der Waals surface area contributed by atoms with Crippen molar-refractivity contribution in [2.75, 3.05) is 5.75 Å². The Morgan fingerprint density at radius 2 is 2.03 bits per heavy atom. The zero-order chi connectivity index (χ0) is 21.8. The predicted octanol–water partition coefficient (Wildman–Crippen LogP) is 6.28. The summed E-state index contributed by atoms with van der Waals surface area (Å²) in [4.78, 5) is 20.8. The lowest BCUT2D eigenvalue weighted by Crippen LogP contribution is -2.28. The number of hydrogen-bond donors (Lipinski definition) is 0. The Labute approximate surface area is 193 Å². The molecule has 31 heavy (non-hydrogen) atoms. The maximum atomic E-state index is 13.8. The van der Waals surface area contributed by atoms with Gasteiger partial charge in [-0.1, -0.05) is 82.1 Å². The third kappa shape index (κ3) is 5.07. The van der Waals surface area contributed by atoms with Gasteiger partial charge in [0.25, 0.3) is 5.56 Å². The monoisotopic (exact) mass is 456 g/mol. The van der Waals surface area contributed by atoms with Crippen molar-refractivity contribution in [3.8, 4) is 0 Å². The average Bonchev–Trinajstić information content (AvgIpc) is 3.14. The molecule has 6 heteroatoms. The van der Waals surface area contributed by atoms with Crippen LogP contribution in [0.1, 0.15) is 62.5 Å². The first-order chi connectivity index (χ1) is 15.1. The molecular weight excluding hydrogens is 424 g/mol. The third-order valence-corrected chi connectivity index (χ3v) is 8.11. The van der Waals surface area contributed by atoms with E-state index >= 15 is 0 Å². The molecular formula is C25H32N2O2S2. The Balaban J connectivity index is 1.73. The summed E-state index contributed by atoms with van der Waals surface area (Å²) in [6.45, 7) is 7.75. The summed E-state index contributed by atoms with van der Waals surface area (Å²) in [6, 6.07) is 10.2. The van der Waals surface area contributed by atoms with Gasteiger partial charge < -0.3 is 4.74 Å². The molecule has 4 nitrogen and oxygen atoms in total. The molecule has 1 aliphatic rings. The lowest BCUT2D eigenvalue weighted by atomic mass is 9.96. The lowest BCUT2D eigenvalue weighted by molar-refractivity contribution is 0.00200. The highest BCUT2D eigenvalue weighted by molar-refractivity contribution is 7.99. The number of hydrogen-bond acceptors (Lipinski definition) is 5. The Kier molecular flexibility index (Phi) is 7.51. The number of thiophene rings is 1. The van der Waals surface area contributed by atoms with E-state index in [4.69, 9.17) is 9.72 Å². The molecule has 0 radical (unpaired) electrons. The minimum Gasteiger partial charge on any atom is -0.372 e. The highest BCUT2D eigenvalue weighted by Gasteiger charge is 2.28. The molecule has 1 unspecified atom stereocenters. The highest BCUT2D eigenvalue weighted by atomic mass is 32.2. The van der Waals surface area contributed by atoms with E-state index < -0.39 is 0 Å². The Hall–Kier alpha value is -1.63. The first-order valence-electron chi connectivity index (χ1n) is 11.4. The molecule has 2 aromatic heterocycles. The molecule has 0 amide bonds. The zero-order valence-corrected chi connectivity index (χ0v) is 20.4. The van der Waals surface area contributed by atoms with Gasteiger partial charge >= 0.3 is 0 Å². The first kappa shape index (κ1) is 22.6. The van der Waals surface area contributed by atoms with Gasteiger partial charge in [-0.05, 0) is 23.5 Å². The fourth-order valence-corrected chi connectivity index (χ4v) is 6.24. The van der Waals surface area contributed by atoms with Crippen molar-refractivity contribution in [3.05, 3.63) is 56.7 Å². The van der Waals surface area contributed by atoms with Crippen molar-refractivity contribution < 1.29 is 4.74 Å². The smallest absolute Gasteiger partial charge is 0.263 e. The van der Waals surface area contributed by atoms with Gasteiger partial charge in [0.05, 0.1) is 24.6 Å². The lowest BCUT2D eigenvalue weighted by Gasteiger charge is -2.26. The van der Waals surface area contributed by atoms with Gasteiger partial charge in [0.2, 0.25) is 0 Å². The standard InChI is InChI=1S/C25H32N2O2S2/c1-4-5-6-10-13-30-25-26-23-22(19-14-20(17(2)3)29-16-21(19)31-23)24(28)27(25)15-18-11-8-7-9-12-18/h7-9,11-12,17,20H,4-6,10,13-16H2,1-3H3. The van der Waals surface area contributed by atoms with E-state index in [1.165, 1.54) is 29.7 Å². The Bertz CT molecular complexity index is 1070. The average molecular weight is 457 g/mol. The SMILES string of the molecule is CCCCCCSc1nc2sc3c(c2c(=O)n1Cc1ccccc1)CC(C(C)C)OC3. The summed E-state index contributed by atoms with van der Waals surface area (Å²) in [5.41, 5.74) is 2.40. The molecule has 4 rings (SSSR count). The van der Waals surface area contributed by atoms with Crippen LogP contribution in [0.4, 0.5) is 0 Å². The van der Waals surface area contributed by atoms with E-state index in [0.29, 0.717) is 19.1 Å². The van der Waals surface area contributed by atoms with Crippen molar-refractivity contribution in [1.82, 2.24) is 9.55 Å². The number of unbranched alkanes of at least 4 members (excludes halogenated alkanes) is 3. The zero-order valence-electron chi connectivity index (χ0n) is 18.7. The minimum atomic E-state index is 0.104. The van der Waals surface area contributed by atoms with Gasteiger partial charge in [0.1, 0.15) is 4.83 Å². The van der Waals surface area contributed by atoms with E-state index in [1.54, 1.807) is 23.1 Å². The molecule has 3 heterocycles. The maximum absolute atomic E-state index is 13.8. The van der Waals surface area contributed by atoms with Gasteiger partial charge in [-0.3, -0.25) is 9.36 Å². The number of aromatic nitrogens is 2. The quantitative estimate of drug-likeness (QED) is 0.216. The molecule has 0 aliphatic carbocycles. The van der Waals surface area contributed by atoms with Gasteiger partial charge in [-0.15, -0.1) is 11.3 Å². The van der Waals surface area contributed by atoms with Crippen LogP contribution in [0.15, 0.2) is 40.3 Å². The Morgan fingerprint density at radius 3 is 2.77 bits per heavy atom. The number of fused-ring (bicyclic) bond motifs is 3. The second kappa shape index (κ2) is 10.3. The van der Waals surface area contributed by atoms with Gasteiger partial charge in [0, 0.05) is 17.1 Å². The summed E-state index contributed by atoms with van der Waals surface area (Å²) in [5, 5.41) is 1.66. The number of thioether (sulfide) groups is 1. The Morgan fingerprint density at radius 1 is 1.23 bits per heavy atom. The van der Waals surface area contributed by atoms with Crippen molar-refractivity contribution in [3.63, 3.8) is 0 Å². The van der Waals surface area contributed by atoms with Crippen molar-refractivity contribution in [2.24, 2.45) is 5.92 Å². The molecule has 0 fully saturated rings. The van der Waals surface area contributed by atoms with Crippen LogP contribution < -0.4 is 5.56 Å². The molecule has 0 N–H and O–H groups in total. The minimum absolute atomic E-state index is 0.104. The molecule has 1 aliphatic heterocycles. The van der Waals surface area contributed by atoms with Crippen LogP contribution in [-0.4, -0.2) is 21.4 Å². The van der Waals surface area contributed by atoms with Gasteiger partial charge in [-0.2, -0.15) is 0 Å².